The Kier molecular flexibility index (Phi) is 10.6. The molecule has 0 fully saturated rings. The van der Waals surface area contributed by atoms with Crippen molar-refractivity contribution >= 4 is 34.9 Å². The van der Waals surface area contributed by atoms with Crippen LogP contribution in [0.2, 0.25) is 0 Å². The number of hydrogen-bond acceptors (Lipinski definition) is 4. The number of likely N-dealkylation sites (N-methyl/N-ethyl adjacent to an activating group) is 1. The van der Waals surface area contributed by atoms with Crippen molar-refractivity contribution in [2.24, 2.45) is 5.41 Å². The number of anilines is 3. The molecule has 3 N–H and O–H groups in total. The molecule has 0 bridgehead atoms. The van der Waals surface area contributed by atoms with Gasteiger partial charge in [0.1, 0.15) is 0 Å². The number of fused-ring (bicyclic) bond motifs is 1. The van der Waals surface area contributed by atoms with Crippen molar-refractivity contribution in [3.8, 4) is 0 Å². The summed E-state index contributed by atoms with van der Waals surface area (Å²) in [6.07, 6.45) is 4.74. The number of carbonyl (C=O) groups is 3. The Bertz CT molecular complexity index is 1430. The Morgan fingerprint density at radius 2 is 1.40 bits per heavy atom. The van der Waals surface area contributed by atoms with Crippen LogP contribution in [0, 0.1) is 5.41 Å². The van der Waals surface area contributed by atoms with E-state index in [0.29, 0.717) is 36.4 Å². The lowest BCUT2D eigenvalue weighted by Gasteiger charge is -2.26. The highest BCUT2D eigenvalue weighted by Crippen LogP contribution is 2.28. The minimum Gasteiger partial charge on any atom is -0.324 e. The first kappa shape index (κ1) is 31.8. The molecular weight excluding hydrogens is 538 g/mol. The SMILES string of the molecule is CN(C)CCN(Cc1ccc(C(=O)Nc2ccccc2NC(=O)CC(C)(C)C)cc1)C(=O)Nc1cccc2c1CCCC2. The Hall–Kier alpha value is -4.17. The second-order valence-corrected chi connectivity index (χ2v) is 12.8. The van der Waals surface area contributed by atoms with E-state index in [-0.39, 0.29) is 23.3 Å². The zero-order valence-electron chi connectivity index (χ0n) is 26.1. The molecule has 0 aliphatic heterocycles. The van der Waals surface area contributed by atoms with E-state index in [1.54, 1.807) is 24.3 Å². The summed E-state index contributed by atoms with van der Waals surface area (Å²) in [7, 11) is 3.98. The van der Waals surface area contributed by atoms with E-state index < -0.39 is 0 Å². The van der Waals surface area contributed by atoms with Crippen LogP contribution in [0.1, 0.15) is 67.1 Å². The van der Waals surface area contributed by atoms with Gasteiger partial charge in [0, 0.05) is 37.3 Å². The number of amides is 4. The lowest BCUT2D eigenvalue weighted by atomic mass is 9.90. The molecule has 0 atom stereocenters. The third-order valence-electron chi connectivity index (χ3n) is 7.47. The van der Waals surface area contributed by atoms with Gasteiger partial charge in [-0.05, 0) is 92.2 Å². The molecule has 0 radical (unpaired) electrons. The van der Waals surface area contributed by atoms with Crippen molar-refractivity contribution in [1.29, 1.82) is 0 Å². The maximum atomic E-state index is 13.5. The zero-order valence-corrected chi connectivity index (χ0v) is 26.1. The fourth-order valence-electron chi connectivity index (χ4n) is 5.22. The van der Waals surface area contributed by atoms with Crippen LogP contribution in [0.3, 0.4) is 0 Å². The number of aryl methyl sites for hydroxylation is 1. The second-order valence-electron chi connectivity index (χ2n) is 12.8. The highest BCUT2D eigenvalue weighted by atomic mass is 16.2. The quantitative estimate of drug-likeness (QED) is 0.245. The number of carbonyl (C=O) groups excluding carboxylic acids is 3. The van der Waals surface area contributed by atoms with Crippen molar-refractivity contribution in [3.05, 3.63) is 89.0 Å². The molecule has 8 nitrogen and oxygen atoms in total. The van der Waals surface area contributed by atoms with Crippen LogP contribution in [0.25, 0.3) is 0 Å². The summed E-state index contributed by atoms with van der Waals surface area (Å²) >= 11 is 0. The van der Waals surface area contributed by atoms with Gasteiger partial charge >= 0.3 is 6.03 Å². The number of hydrogen-bond donors (Lipinski definition) is 3. The minimum absolute atomic E-state index is 0.103. The molecule has 8 heteroatoms. The van der Waals surface area contributed by atoms with Gasteiger partial charge in [-0.15, -0.1) is 0 Å². The molecule has 1 aliphatic rings. The van der Waals surface area contributed by atoms with E-state index >= 15 is 0 Å². The van der Waals surface area contributed by atoms with Crippen molar-refractivity contribution in [1.82, 2.24) is 9.80 Å². The summed E-state index contributed by atoms with van der Waals surface area (Å²) in [6.45, 7) is 7.73. The first-order valence-corrected chi connectivity index (χ1v) is 15.1. The van der Waals surface area contributed by atoms with Gasteiger partial charge < -0.3 is 25.8 Å². The van der Waals surface area contributed by atoms with E-state index in [1.807, 2.05) is 76.2 Å². The van der Waals surface area contributed by atoms with Gasteiger partial charge in [-0.3, -0.25) is 9.59 Å². The fraction of sp³-hybridized carbons (Fsp3) is 0.400. The average molecular weight is 584 g/mol. The summed E-state index contributed by atoms with van der Waals surface area (Å²) in [4.78, 5) is 43.0. The van der Waals surface area contributed by atoms with Gasteiger partial charge in [0.25, 0.3) is 5.91 Å². The first-order chi connectivity index (χ1) is 20.5. The van der Waals surface area contributed by atoms with Crippen molar-refractivity contribution in [2.45, 2.75) is 59.4 Å². The molecule has 0 saturated carbocycles. The number of benzene rings is 3. The van der Waals surface area contributed by atoms with E-state index in [9.17, 15) is 14.4 Å². The molecule has 0 heterocycles. The molecule has 0 aromatic heterocycles. The smallest absolute Gasteiger partial charge is 0.322 e. The maximum absolute atomic E-state index is 13.5. The van der Waals surface area contributed by atoms with E-state index in [2.05, 4.69) is 26.9 Å². The van der Waals surface area contributed by atoms with Gasteiger partial charge in [-0.1, -0.05) is 57.2 Å². The highest BCUT2D eigenvalue weighted by Gasteiger charge is 2.20. The molecule has 43 heavy (non-hydrogen) atoms. The molecule has 4 rings (SSSR count). The number of rotatable bonds is 10. The Labute approximate surface area is 255 Å². The largest absolute Gasteiger partial charge is 0.324 e. The van der Waals surface area contributed by atoms with E-state index in [0.717, 1.165) is 37.1 Å². The van der Waals surface area contributed by atoms with Crippen molar-refractivity contribution < 1.29 is 14.4 Å². The average Bonchev–Trinajstić information content (AvgIpc) is 2.95. The molecule has 3 aromatic rings. The second kappa shape index (κ2) is 14.3. The predicted octanol–water partition coefficient (Wildman–Crippen LogP) is 6.79. The van der Waals surface area contributed by atoms with Gasteiger partial charge in [0.05, 0.1) is 11.4 Å². The predicted molar refractivity (Wildman–Crippen MR) is 175 cm³/mol. The molecule has 1 aliphatic carbocycles. The summed E-state index contributed by atoms with van der Waals surface area (Å²) in [5.41, 5.74) is 5.84. The highest BCUT2D eigenvalue weighted by molar-refractivity contribution is 6.07. The lowest BCUT2D eigenvalue weighted by molar-refractivity contribution is -0.117. The van der Waals surface area contributed by atoms with Gasteiger partial charge in [-0.25, -0.2) is 4.79 Å². The topological polar surface area (TPSA) is 93.8 Å². The van der Waals surface area contributed by atoms with Crippen LogP contribution in [-0.2, 0) is 24.2 Å². The van der Waals surface area contributed by atoms with Crippen LogP contribution in [-0.4, -0.2) is 54.8 Å². The van der Waals surface area contributed by atoms with Crippen LogP contribution in [0.4, 0.5) is 21.9 Å². The normalized spacial score (nSPS) is 12.8. The van der Waals surface area contributed by atoms with Crippen LogP contribution < -0.4 is 16.0 Å². The summed E-state index contributed by atoms with van der Waals surface area (Å²) in [6, 6.07) is 20.5. The molecule has 3 aromatic carbocycles. The number of nitrogens with one attached hydrogen (secondary N) is 3. The zero-order chi connectivity index (χ0) is 31.0. The molecule has 0 saturated heterocycles. The first-order valence-electron chi connectivity index (χ1n) is 15.1. The number of para-hydroxylation sites is 2. The summed E-state index contributed by atoms with van der Waals surface area (Å²) in [5, 5.41) is 9.02. The van der Waals surface area contributed by atoms with E-state index in [4.69, 9.17) is 0 Å². The van der Waals surface area contributed by atoms with Gasteiger partial charge in [0.15, 0.2) is 0 Å². The standard InChI is InChI=1S/C35H45N5O3/c1-35(2,3)23-32(41)36-30-14-8-9-15-31(30)37-33(42)27-19-17-25(18-20-27)24-40(22-21-39(4)5)34(43)38-29-16-10-12-26-11-6-7-13-28(26)29/h8-10,12,14-20H,6-7,11,13,21-24H2,1-5H3,(H,36,41)(H,37,42)(H,38,43). The molecule has 4 amide bonds. The van der Waals surface area contributed by atoms with E-state index in [1.165, 1.54) is 17.5 Å². The van der Waals surface area contributed by atoms with Crippen molar-refractivity contribution in [3.63, 3.8) is 0 Å². The van der Waals surface area contributed by atoms with Gasteiger partial charge in [-0.2, -0.15) is 0 Å². The Balaban J connectivity index is 1.42. The third-order valence-corrected chi connectivity index (χ3v) is 7.47. The van der Waals surface area contributed by atoms with Crippen LogP contribution in [0.15, 0.2) is 66.7 Å². The molecule has 0 spiro atoms. The van der Waals surface area contributed by atoms with Gasteiger partial charge in [0.2, 0.25) is 5.91 Å². The third kappa shape index (κ3) is 9.41. The molecule has 0 unspecified atom stereocenters. The summed E-state index contributed by atoms with van der Waals surface area (Å²) in [5.74, 6) is -0.381. The monoisotopic (exact) mass is 583 g/mol. The molecule has 228 valence electrons. The van der Waals surface area contributed by atoms with Crippen molar-refractivity contribution in [2.75, 3.05) is 43.1 Å². The fourth-order valence-corrected chi connectivity index (χ4v) is 5.22. The molecular formula is C35H45N5O3. The number of urea groups is 1. The summed E-state index contributed by atoms with van der Waals surface area (Å²) < 4.78 is 0. The van der Waals surface area contributed by atoms with Crippen LogP contribution >= 0.6 is 0 Å². The Morgan fingerprint density at radius 3 is 2.07 bits per heavy atom. The Morgan fingerprint density at radius 1 is 0.744 bits per heavy atom. The maximum Gasteiger partial charge on any atom is 0.322 e. The number of nitrogens with zero attached hydrogens (tertiary/aromatic N) is 2. The minimum atomic E-state index is -0.278. The lowest BCUT2D eigenvalue weighted by Crippen LogP contribution is -2.39. The van der Waals surface area contributed by atoms with Crippen LogP contribution in [0.5, 0.6) is 0 Å².